The van der Waals surface area contributed by atoms with Crippen LogP contribution in [0.4, 0.5) is 5.82 Å². The van der Waals surface area contributed by atoms with Crippen molar-refractivity contribution in [1.29, 1.82) is 0 Å². The van der Waals surface area contributed by atoms with Gasteiger partial charge in [0.15, 0.2) is 11.6 Å². The van der Waals surface area contributed by atoms with Gasteiger partial charge in [0.25, 0.3) is 0 Å². The van der Waals surface area contributed by atoms with Crippen LogP contribution in [0.5, 0.6) is 11.5 Å². The normalized spacial score (nSPS) is 20.5. The van der Waals surface area contributed by atoms with Crippen molar-refractivity contribution in [3.05, 3.63) is 47.7 Å². The highest BCUT2D eigenvalue weighted by Gasteiger charge is 2.39. The quantitative estimate of drug-likeness (QED) is 0.795. The molecule has 2 unspecified atom stereocenters. The molecule has 2 aliphatic rings. The van der Waals surface area contributed by atoms with E-state index in [1.54, 1.807) is 0 Å². The van der Waals surface area contributed by atoms with E-state index < -0.39 is 5.97 Å². The molecule has 6 heteroatoms. The number of pyridine rings is 1. The lowest BCUT2D eigenvalue weighted by Gasteiger charge is -2.18. The highest BCUT2D eigenvalue weighted by Crippen LogP contribution is 2.49. The van der Waals surface area contributed by atoms with Crippen LogP contribution < -0.4 is 14.8 Å². The monoisotopic (exact) mass is 354 g/mol. The van der Waals surface area contributed by atoms with Crippen LogP contribution in [0.1, 0.15) is 30.0 Å². The summed E-state index contributed by atoms with van der Waals surface area (Å²) in [4.78, 5) is 15.3. The minimum Gasteiger partial charge on any atom is -0.493 e. The van der Waals surface area contributed by atoms with E-state index in [2.05, 4.69) is 10.3 Å². The molecular weight excluding hydrogens is 332 g/mol. The van der Waals surface area contributed by atoms with Gasteiger partial charge in [0.1, 0.15) is 12.4 Å². The maximum atomic E-state index is 10.8. The van der Waals surface area contributed by atoms with E-state index in [-0.39, 0.29) is 12.3 Å². The van der Waals surface area contributed by atoms with Gasteiger partial charge in [0, 0.05) is 18.5 Å². The van der Waals surface area contributed by atoms with Crippen molar-refractivity contribution in [2.24, 2.45) is 5.92 Å². The SMILES string of the molecule is O=C(O)CC1CC1c1ccc(OCCc2ccc3c(n2)NCCO3)cc1. The Labute approximate surface area is 152 Å². The van der Waals surface area contributed by atoms with E-state index in [1.165, 1.54) is 5.56 Å². The summed E-state index contributed by atoms with van der Waals surface area (Å²) in [6, 6.07) is 11.9. The van der Waals surface area contributed by atoms with Gasteiger partial charge in [-0.15, -0.1) is 0 Å². The lowest BCUT2D eigenvalue weighted by molar-refractivity contribution is -0.137. The number of nitrogens with one attached hydrogen (secondary N) is 1. The molecule has 0 radical (unpaired) electrons. The number of hydrogen-bond donors (Lipinski definition) is 2. The van der Waals surface area contributed by atoms with Gasteiger partial charge in [-0.05, 0) is 48.1 Å². The predicted molar refractivity (Wildman–Crippen MR) is 97.0 cm³/mol. The molecule has 136 valence electrons. The van der Waals surface area contributed by atoms with E-state index in [1.807, 2.05) is 36.4 Å². The predicted octanol–water partition coefficient (Wildman–Crippen LogP) is 3.09. The zero-order valence-corrected chi connectivity index (χ0v) is 14.5. The van der Waals surface area contributed by atoms with E-state index >= 15 is 0 Å². The van der Waals surface area contributed by atoms with Gasteiger partial charge in [-0.2, -0.15) is 0 Å². The summed E-state index contributed by atoms with van der Waals surface area (Å²) in [6.07, 6.45) is 1.95. The third-order valence-corrected chi connectivity index (χ3v) is 4.86. The minimum atomic E-state index is -0.713. The van der Waals surface area contributed by atoms with Gasteiger partial charge in [-0.1, -0.05) is 12.1 Å². The Morgan fingerprint density at radius 2 is 2.12 bits per heavy atom. The first-order chi connectivity index (χ1) is 12.7. The molecule has 0 spiro atoms. The number of benzene rings is 1. The van der Waals surface area contributed by atoms with Crippen molar-refractivity contribution in [1.82, 2.24) is 4.98 Å². The zero-order chi connectivity index (χ0) is 17.9. The van der Waals surface area contributed by atoms with E-state index in [0.717, 1.165) is 42.4 Å². The molecule has 2 N–H and O–H groups in total. The molecule has 1 aromatic carbocycles. The number of hydrogen-bond acceptors (Lipinski definition) is 5. The standard InChI is InChI=1S/C20H22N2O4/c23-19(24)12-14-11-17(14)13-1-4-16(5-2-13)25-9-7-15-3-6-18-20(22-15)21-8-10-26-18/h1-6,14,17H,7-12H2,(H,21,22)(H,23,24). The first-order valence-electron chi connectivity index (χ1n) is 9.00. The molecule has 6 nitrogen and oxygen atoms in total. The van der Waals surface area contributed by atoms with Crippen LogP contribution in [0, 0.1) is 5.92 Å². The number of nitrogens with zero attached hydrogens (tertiary/aromatic N) is 1. The number of carboxylic acids is 1. The minimum absolute atomic E-state index is 0.261. The lowest BCUT2D eigenvalue weighted by atomic mass is 10.1. The van der Waals surface area contributed by atoms with E-state index in [4.69, 9.17) is 14.6 Å². The second kappa shape index (κ2) is 7.23. The van der Waals surface area contributed by atoms with Crippen molar-refractivity contribution < 1.29 is 19.4 Å². The summed E-state index contributed by atoms with van der Waals surface area (Å²) < 4.78 is 11.3. The van der Waals surface area contributed by atoms with Crippen molar-refractivity contribution in [3.8, 4) is 11.5 Å². The van der Waals surface area contributed by atoms with Crippen molar-refractivity contribution >= 4 is 11.8 Å². The van der Waals surface area contributed by atoms with E-state index in [9.17, 15) is 4.79 Å². The first kappa shape index (κ1) is 16.7. The number of carboxylic acid groups (broad SMARTS) is 1. The van der Waals surface area contributed by atoms with Crippen LogP contribution in [0.25, 0.3) is 0 Å². The Bertz CT molecular complexity index is 791. The van der Waals surface area contributed by atoms with Gasteiger partial charge in [0.2, 0.25) is 0 Å². The molecule has 2 aromatic rings. The van der Waals surface area contributed by atoms with Crippen LogP contribution in [0.15, 0.2) is 36.4 Å². The Morgan fingerprint density at radius 3 is 2.92 bits per heavy atom. The fourth-order valence-corrected chi connectivity index (χ4v) is 3.39. The molecule has 2 atom stereocenters. The van der Waals surface area contributed by atoms with Crippen molar-refractivity contribution in [2.45, 2.75) is 25.2 Å². The molecular formula is C20H22N2O4. The smallest absolute Gasteiger partial charge is 0.303 e. The second-order valence-corrected chi connectivity index (χ2v) is 6.79. The second-order valence-electron chi connectivity index (χ2n) is 6.79. The number of rotatable bonds is 7. The average Bonchev–Trinajstić information content (AvgIpc) is 3.40. The average molecular weight is 354 g/mol. The molecule has 1 aliphatic carbocycles. The summed E-state index contributed by atoms with van der Waals surface area (Å²) in [5.41, 5.74) is 2.17. The Balaban J connectivity index is 1.27. The number of anilines is 1. The number of aromatic nitrogens is 1. The maximum absolute atomic E-state index is 10.8. The number of fused-ring (bicyclic) bond motifs is 1. The molecule has 26 heavy (non-hydrogen) atoms. The summed E-state index contributed by atoms with van der Waals surface area (Å²) in [5, 5.41) is 12.1. The van der Waals surface area contributed by atoms with Gasteiger partial charge in [0.05, 0.1) is 13.2 Å². The highest BCUT2D eigenvalue weighted by molar-refractivity contribution is 5.67. The number of ether oxygens (including phenoxy) is 2. The third kappa shape index (κ3) is 3.90. The van der Waals surface area contributed by atoms with Gasteiger partial charge < -0.3 is 19.9 Å². The molecule has 1 aliphatic heterocycles. The summed E-state index contributed by atoms with van der Waals surface area (Å²) >= 11 is 0. The maximum Gasteiger partial charge on any atom is 0.303 e. The first-order valence-corrected chi connectivity index (χ1v) is 9.00. The van der Waals surface area contributed by atoms with Crippen molar-refractivity contribution in [2.75, 3.05) is 25.1 Å². The number of carbonyl (C=O) groups is 1. The molecule has 4 rings (SSSR count). The fourth-order valence-electron chi connectivity index (χ4n) is 3.39. The molecule has 1 saturated carbocycles. The summed E-state index contributed by atoms with van der Waals surface area (Å²) in [5.74, 6) is 2.39. The summed E-state index contributed by atoms with van der Waals surface area (Å²) in [6.45, 7) is 2.00. The van der Waals surface area contributed by atoms with Gasteiger partial charge >= 0.3 is 5.97 Å². The molecule has 2 heterocycles. The topological polar surface area (TPSA) is 80.7 Å². The van der Waals surface area contributed by atoms with Crippen LogP contribution >= 0.6 is 0 Å². The molecule has 1 aromatic heterocycles. The van der Waals surface area contributed by atoms with Crippen LogP contribution in [-0.4, -0.2) is 35.8 Å². The largest absolute Gasteiger partial charge is 0.493 e. The fraction of sp³-hybridized carbons (Fsp3) is 0.400. The van der Waals surface area contributed by atoms with Gasteiger partial charge in [-0.25, -0.2) is 4.98 Å². The van der Waals surface area contributed by atoms with E-state index in [0.29, 0.717) is 19.1 Å². The lowest BCUT2D eigenvalue weighted by Crippen LogP contribution is -2.19. The Hall–Kier alpha value is -2.76. The summed E-state index contributed by atoms with van der Waals surface area (Å²) in [7, 11) is 0. The zero-order valence-electron chi connectivity index (χ0n) is 14.5. The Morgan fingerprint density at radius 1 is 1.27 bits per heavy atom. The Kier molecular flexibility index (Phi) is 4.65. The molecule has 0 saturated heterocycles. The van der Waals surface area contributed by atoms with Gasteiger partial charge in [-0.3, -0.25) is 4.79 Å². The van der Waals surface area contributed by atoms with Crippen molar-refractivity contribution in [3.63, 3.8) is 0 Å². The van der Waals surface area contributed by atoms with Crippen LogP contribution in [-0.2, 0) is 11.2 Å². The number of aliphatic carboxylic acids is 1. The van der Waals surface area contributed by atoms with Crippen LogP contribution in [0.2, 0.25) is 0 Å². The third-order valence-electron chi connectivity index (χ3n) is 4.86. The molecule has 1 fully saturated rings. The molecule has 0 amide bonds. The molecule has 0 bridgehead atoms. The van der Waals surface area contributed by atoms with Crippen LogP contribution in [0.3, 0.4) is 0 Å². The highest BCUT2D eigenvalue weighted by atomic mass is 16.5.